The minimum Gasteiger partial charge on any atom is -0.442 e. The maximum atomic E-state index is 11.4. The first kappa shape index (κ1) is 16.1. The number of nitrogens with zero attached hydrogens (tertiary/aromatic N) is 1. The van der Waals surface area contributed by atoms with Gasteiger partial charge in [0, 0.05) is 12.3 Å². The molecule has 0 aromatic rings. The molecule has 0 rings (SSSR count). The summed E-state index contributed by atoms with van der Waals surface area (Å²) in [6, 6.07) is 0.171. The molecule has 0 bridgehead atoms. The fourth-order valence-corrected chi connectivity index (χ4v) is 1.34. The lowest BCUT2D eigenvalue weighted by molar-refractivity contribution is 0.0604. The first-order chi connectivity index (χ1) is 7.78. The standard InChI is InChI=1S/C13H26N2O2/c1-6-10(8-11(14)7-2)9-15-12(16)17-13(3,4)5/h9-11H,6-8,14H2,1-5H3/t10?,11-/m0/s1. The van der Waals surface area contributed by atoms with E-state index < -0.39 is 11.7 Å². The topological polar surface area (TPSA) is 64.7 Å². The van der Waals surface area contributed by atoms with E-state index in [1.807, 2.05) is 20.8 Å². The van der Waals surface area contributed by atoms with Crippen LogP contribution in [-0.2, 0) is 4.74 Å². The van der Waals surface area contributed by atoms with Gasteiger partial charge in [-0.05, 0) is 46.0 Å². The zero-order valence-electron chi connectivity index (χ0n) is 11.7. The van der Waals surface area contributed by atoms with Crippen LogP contribution in [0.1, 0.15) is 53.9 Å². The highest BCUT2D eigenvalue weighted by Crippen LogP contribution is 2.11. The number of nitrogens with two attached hydrogens (primary N) is 1. The molecule has 1 unspecified atom stereocenters. The lowest BCUT2D eigenvalue weighted by Gasteiger charge is -2.18. The average molecular weight is 242 g/mol. The third kappa shape index (κ3) is 8.86. The van der Waals surface area contributed by atoms with E-state index >= 15 is 0 Å². The number of carbonyl (C=O) groups is 1. The number of aliphatic imine (C=N–C) groups is 1. The molecule has 4 nitrogen and oxygen atoms in total. The van der Waals surface area contributed by atoms with E-state index in [1.165, 1.54) is 0 Å². The van der Waals surface area contributed by atoms with Crippen molar-refractivity contribution in [1.82, 2.24) is 0 Å². The summed E-state index contributed by atoms with van der Waals surface area (Å²) >= 11 is 0. The second-order valence-corrected chi connectivity index (χ2v) is 5.33. The van der Waals surface area contributed by atoms with Crippen LogP contribution >= 0.6 is 0 Å². The van der Waals surface area contributed by atoms with Gasteiger partial charge in [0.25, 0.3) is 0 Å². The molecule has 0 fully saturated rings. The van der Waals surface area contributed by atoms with E-state index in [0.29, 0.717) is 0 Å². The Labute approximate surface area is 105 Å². The lowest BCUT2D eigenvalue weighted by atomic mass is 9.98. The van der Waals surface area contributed by atoms with Crippen LogP contribution in [-0.4, -0.2) is 24.0 Å². The van der Waals surface area contributed by atoms with Crippen molar-refractivity contribution in [2.45, 2.75) is 65.5 Å². The van der Waals surface area contributed by atoms with Gasteiger partial charge in [-0.25, -0.2) is 4.79 Å². The van der Waals surface area contributed by atoms with Gasteiger partial charge in [0.05, 0.1) is 0 Å². The largest absolute Gasteiger partial charge is 0.442 e. The van der Waals surface area contributed by atoms with E-state index in [2.05, 4.69) is 18.8 Å². The Hall–Kier alpha value is -0.900. The summed E-state index contributed by atoms with van der Waals surface area (Å²) in [5.74, 6) is 0.248. The lowest BCUT2D eigenvalue weighted by Crippen LogP contribution is -2.24. The minimum absolute atomic E-state index is 0.171. The number of amides is 1. The second kappa shape index (κ2) is 7.43. The molecule has 0 radical (unpaired) electrons. The van der Waals surface area contributed by atoms with Gasteiger partial charge in [-0.15, -0.1) is 0 Å². The zero-order chi connectivity index (χ0) is 13.5. The molecule has 2 N–H and O–H groups in total. The molecule has 0 aliphatic heterocycles. The number of hydrogen-bond donors (Lipinski definition) is 1. The van der Waals surface area contributed by atoms with Crippen LogP contribution in [0.15, 0.2) is 4.99 Å². The summed E-state index contributed by atoms with van der Waals surface area (Å²) in [4.78, 5) is 15.2. The van der Waals surface area contributed by atoms with E-state index in [-0.39, 0.29) is 12.0 Å². The van der Waals surface area contributed by atoms with Gasteiger partial charge in [0.1, 0.15) is 5.60 Å². The predicted octanol–water partition coefficient (Wildman–Crippen LogP) is 3.15. The maximum absolute atomic E-state index is 11.4. The molecular weight excluding hydrogens is 216 g/mol. The summed E-state index contributed by atoms with van der Waals surface area (Å²) in [6.45, 7) is 9.59. The minimum atomic E-state index is -0.527. The number of carbonyl (C=O) groups excluding carboxylic acids is 1. The average Bonchev–Trinajstić information content (AvgIpc) is 2.21. The van der Waals surface area contributed by atoms with Crippen molar-refractivity contribution < 1.29 is 9.53 Å². The van der Waals surface area contributed by atoms with Crippen molar-refractivity contribution in [2.75, 3.05) is 0 Å². The molecule has 17 heavy (non-hydrogen) atoms. The third-order valence-electron chi connectivity index (χ3n) is 2.44. The van der Waals surface area contributed by atoms with Crippen LogP contribution in [0.25, 0.3) is 0 Å². The Balaban J connectivity index is 4.22. The smallest absolute Gasteiger partial charge is 0.433 e. The molecule has 0 heterocycles. The molecule has 0 spiro atoms. The van der Waals surface area contributed by atoms with Gasteiger partial charge >= 0.3 is 6.09 Å². The van der Waals surface area contributed by atoms with Crippen LogP contribution in [0.5, 0.6) is 0 Å². The highest BCUT2D eigenvalue weighted by Gasteiger charge is 2.15. The summed E-state index contributed by atoms with van der Waals surface area (Å²) < 4.78 is 5.10. The van der Waals surface area contributed by atoms with Crippen LogP contribution in [0.3, 0.4) is 0 Å². The van der Waals surface area contributed by atoms with Crippen molar-refractivity contribution in [1.29, 1.82) is 0 Å². The molecule has 0 saturated heterocycles. The predicted molar refractivity (Wildman–Crippen MR) is 71.4 cm³/mol. The molecule has 4 heteroatoms. The van der Waals surface area contributed by atoms with Crippen molar-refractivity contribution >= 4 is 12.3 Å². The van der Waals surface area contributed by atoms with Gasteiger partial charge in [-0.3, -0.25) is 0 Å². The molecular formula is C13H26N2O2. The van der Waals surface area contributed by atoms with Crippen molar-refractivity contribution in [3.05, 3.63) is 0 Å². The van der Waals surface area contributed by atoms with Crippen molar-refractivity contribution in [3.63, 3.8) is 0 Å². The fraction of sp³-hybridized carbons (Fsp3) is 0.846. The summed E-state index contributed by atoms with van der Waals surface area (Å²) in [7, 11) is 0. The summed E-state index contributed by atoms with van der Waals surface area (Å²) in [5, 5.41) is 0. The molecule has 1 amide bonds. The number of rotatable bonds is 5. The molecule has 2 atom stereocenters. The van der Waals surface area contributed by atoms with Crippen LogP contribution in [0, 0.1) is 5.92 Å². The van der Waals surface area contributed by atoms with Crippen LogP contribution in [0.4, 0.5) is 4.79 Å². The highest BCUT2D eigenvalue weighted by atomic mass is 16.6. The number of hydrogen-bond acceptors (Lipinski definition) is 3. The Morgan fingerprint density at radius 3 is 2.35 bits per heavy atom. The maximum Gasteiger partial charge on any atom is 0.433 e. The fourth-order valence-electron chi connectivity index (χ4n) is 1.34. The number of ether oxygens (including phenoxy) is 1. The summed E-state index contributed by atoms with van der Waals surface area (Å²) in [5.41, 5.74) is 5.39. The molecule has 0 aliphatic carbocycles. The first-order valence-electron chi connectivity index (χ1n) is 6.31. The molecule has 100 valence electrons. The van der Waals surface area contributed by atoms with Crippen molar-refractivity contribution in [3.8, 4) is 0 Å². The van der Waals surface area contributed by atoms with E-state index in [0.717, 1.165) is 19.3 Å². The first-order valence-corrected chi connectivity index (χ1v) is 6.31. The van der Waals surface area contributed by atoms with Crippen molar-refractivity contribution in [2.24, 2.45) is 16.6 Å². The Morgan fingerprint density at radius 1 is 1.35 bits per heavy atom. The Morgan fingerprint density at radius 2 is 1.94 bits per heavy atom. The van der Waals surface area contributed by atoms with Gasteiger partial charge in [-0.2, -0.15) is 4.99 Å². The SMILES string of the molecule is CCC(C=NC(=O)OC(C)(C)C)C[C@@H](N)CC. The van der Waals surface area contributed by atoms with Crippen LogP contribution in [0.2, 0.25) is 0 Å². The Bertz CT molecular complexity index is 257. The van der Waals surface area contributed by atoms with Gasteiger partial charge < -0.3 is 10.5 Å². The van der Waals surface area contributed by atoms with E-state index in [4.69, 9.17) is 10.5 Å². The van der Waals surface area contributed by atoms with E-state index in [9.17, 15) is 4.79 Å². The third-order valence-corrected chi connectivity index (χ3v) is 2.44. The molecule has 0 saturated carbocycles. The van der Waals surface area contributed by atoms with Gasteiger partial charge in [-0.1, -0.05) is 13.8 Å². The highest BCUT2D eigenvalue weighted by molar-refractivity contribution is 5.80. The normalized spacial score (nSPS) is 15.9. The Kier molecular flexibility index (Phi) is 7.04. The molecule has 0 aromatic heterocycles. The summed E-state index contributed by atoms with van der Waals surface area (Å²) in [6.07, 6.45) is 3.88. The van der Waals surface area contributed by atoms with E-state index in [1.54, 1.807) is 6.21 Å². The monoisotopic (exact) mass is 242 g/mol. The van der Waals surface area contributed by atoms with Gasteiger partial charge in [0.2, 0.25) is 0 Å². The second-order valence-electron chi connectivity index (χ2n) is 5.33. The quantitative estimate of drug-likeness (QED) is 0.753. The molecule has 0 aromatic carbocycles. The van der Waals surface area contributed by atoms with Gasteiger partial charge in [0.15, 0.2) is 0 Å². The zero-order valence-corrected chi connectivity index (χ0v) is 11.7. The molecule has 0 aliphatic rings. The van der Waals surface area contributed by atoms with Crippen LogP contribution < -0.4 is 5.73 Å².